The first-order valence-corrected chi connectivity index (χ1v) is 10.1. The number of non-ortho nitro benzene ring substituents is 1. The van der Waals surface area contributed by atoms with Gasteiger partial charge in [0.25, 0.3) is 11.6 Å². The van der Waals surface area contributed by atoms with E-state index >= 15 is 0 Å². The number of sulfone groups is 1. The van der Waals surface area contributed by atoms with E-state index in [1.807, 2.05) is 6.92 Å². The van der Waals surface area contributed by atoms with E-state index < -0.39 is 20.4 Å². The summed E-state index contributed by atoms with van der Waals surface area (Å²) < 4.78 is 23.6. The summed E-state index contributed by atoms with van der Waals surface area (Å²) in [5.41, 5.74) is -0.352. The number of nitro benzene ring substituents is 1. The summed E-state index contributed by atoms with van der Waals surface area (Å²) >= 11 is 0. The number of carbonyl (C=O) groups excluding carboxylic acids is 1. The van der Waals surface area contributed by atoms with Crippen LogP contribution in [0.5, 0.6) is 0 Å². The van der Waals surface area contributed by atoms with Gasteiger partial charge in [0.15, 0.2) is 9.84 Å². The van der Waals surface area contributed by atoms with Gasteiger partial charge in [-0.1, -0.05) is 6.92 Å². The van der Waals surface area contributed by atoms with Gasteiger partial charge in [-0.25, -0.2) is 8.42 Å². The third kappa shape index (κ3) is 4.76. The molecule has 8 nitrogen and oxygen atoms in total. The van der Waals surface area contributed by atoms with Crippen molar-refractivity contribution in [3.8, 4) is 0 Å². The molecule has 1 aliphatic rings. The van der Waals surface area contributed by atoms with Crippen LogP contribution in [-0.2, 0) is 9.84 Å². The van der Waals surface area contributed by atoms with Gasteiger partial charge < -0.3 is 10.2 Å². The summed E-state index contributed by atoms with van der Waals surface area (Å²) in [6.07, 6.45) is 3.33. The number of nitrogens with one attached hydrogen (secondary N) is 1. The maximum atomic E-state index is 13.0. The van der Waals surface area contributed by atoms with Gasteiger partial charge in [0, 0.05) is 36.5 Å². The lowest BCUT2D eigenvalue weighted by atomic mass is 10.0. The number of hydrogen-bond acceptors (Lipinski definition) is 6. The van der Waals surface area contributed by atoms with Crippen LogP contribution in [0.15, 0.2) is 23.1 Å². The van der Waals surface area contributed by atoms with E-state index in [-0.39, 0.29) is 22.4 Å². The van der Waals surface area contributed by atoms with Gasteiger partial charge in [0.05, 0.1) is 9.82 Å². The molecule has 0 aromatic heterocycles. The Labute approximate surface area is 147 Å². The number of carbonyl (C=O) groups is 1. The number of hydrogen-bond donors (Lipinski definition) is 1. The third-order valence-corrected chi connectivity index (χ3v) is 5.34. The van der Waals surface area contributed by atoms with E-state index in [4.69, 9.17) is 0 Å². The Bertz CT molecular complexity index is 757. The normalized spacial score (nSPS) is 15.8. The molecule has 138 valence electrons. The lowest BCUT2D eigenvalue weighted by Crippen LogP contribution is -2.46. The molecule has 0 radical (unpaired) electrons. The molecule has 1 amide bonds. The zero-order valence-electron chi connectivity index (χ0n) is 14.4. The fraction of sp³-hybridized carbons (Fsp3) is 0.562. The van der Waals surface area contributed by atoms with Crippen molar-refractivity contribution >= 4 is 21.4 Å². The quantitative estimate of drug-likeness (QED) is 0.602. The van der Waals surface area contributed by atoms with E-state index in [1.54, 1.807) is 4.90 Å². The second-order valence-electron chi connectivity index (χ2n) is 6.22. The third-order valence-electron chi connectivity index (χ3n) is 4.25. The summed E-state index contributed by atoms with van der Waals surface area (Å²) in [6.45, 7) is 4.10. The number of amides is 1. The first-order valence-electron chi connectivity index (χ1n) is 8.25. The molecule has 1 aromatic rings. The fourth-order valence-electron chi connectivity index (χ4n) is 3.00. The van der Waals surface area contributed by atoms with Crippen LogP contribution >= 0.6 is 0 Å². The van der Waals surface area contributed by atoms with Gasteiger partial charge in [0.1, 0.15) is 0 Å². The van der Waals surface area contributed by atoms with Crippen LogP contribution in [0.3, 0.4) is 0 Å². The van der Waals surface area contributed by atoms with Crippen molar-refractivity contribution in [2.75, 3.05) is 25.9 Å². The van der Waals surface area contributed by atoms with Gasteiger partial charge in [-0.15, -0.1) is 0 Å². The maximum absolute atomic E-state index is 13.0. The first kappa shape index (κ1) is 19.3. The summed E-state index contributed by atoms with van der Waals surface area (Å²) in [7, 11) is -3.66. The SMILES string of the molecule is CCCN(C(=O)c1cc([N+](=O)[O-])cc(S(C)(=O)=O)c1)C1CCNCC1. The second-order valence-corrected chi connectivity index (χ2v) is 8.24. The fourth-order valence-corrected chi connectivity index (χ4v) is 3.68. The monoisotopic (exact) mass is 369 g/mol. The van der Waals surface area contributed by atoms with Crippen molar-refractivity contribution in [1.29, 1.82) is 0 Å². The number of nitrogens with zero attached hydrogens (tertiary/aromatic N) is 2. The molecule has 0 bridgehead atoms. The molecule has 25 heavy (non-hydrogen) atoms. The molecular weight excluding hydrogens is 346 g/mol. The lowest BCUT2D eigenvalue weighted by molar-refractivity contribution is -0.385. The van der Waals surface area contributed by atoms with Crippen LogP contribution in [-0.4, -0.2) is 56.1 Å². The highest BCUT2D eigenvalue weighted by atomic mass is 32.2. The van der Waals surface area contributed by atoms with Gasteiger partial charge in [0.2, 0.25) is 0 Å². The molecule has 2 rings (SSSR count). The number of rotatable bonds is 6. The summed E-state index contributed by atoms with van der Waals surface area (Å²) in [5.74, 6) is -0.359. The molecule has 0 spiro atoms. The molecule has 1 saturated heterocycles. The Hall–Kier alpha value is -2.00. The topological polar surface area (TPSA) is 110 Å². The second kappa shape index (κ2) is 7.92. The molecule has 9 heteroatoms. The predicted octanol–water partition coefficient (Wildman–Crippen LogP) is 1.60. The van der Waals surface area contributed by atoms with Crippen molar-refractivity contribution in [3.05, 3.63) is 33.9 Å². The molecule has 0 saturated carbocycles. The molecule has 0 unspecified atom stereocenters. The summed E-state index contributed by atoms with van der Waals surface area (Å²) in [4.78, 5) is 24.9. The van der Waals surface area contributed by atoms with Gasteiger partial charge in [-0.2, -0.15) is 0 Å². The molecule has 1 N–H and O–H groups in total. The zero-order chi connectivity index (χ0) is 18.6. The molecule has 1 aliphatic heterocycles. The highest BCUT2D eigenvalue weighted by molar-refractivity contribution is 7.90. The number of piperidine rings is 1. The predicted molar refractivity (Wildman–Crippen MR) is 93.4 cm³/mol. The summed E-state index contributed by atoms with van der Waals surface area (Å²) in [5, 5.41) is 14.4. The van der Waals surface area contributed by atoms with Gasteiger partial charge in [-0.3, -0.25) is 14.9 Å². The average Bonchev–Trinajstić information content (AvgIpc) is 2.58. The molecule has 1 aromatic carbocycles. The molecule has 0 atom stereocenters. The van der Waals surface area contributed by atoms with E-state index in [1.165, 1.54) is 6.07 Å². The maximum Gasteiger partial charge on any atom is 0.271 e. The number of nitro groups is 1. The molecular formula is C16H23N3O5S. The van der Waals surface area contributed by atoms with Crippen molar-refractivity contribution in [1.82, 2.24) is 10.2 Å². The molecule has 1 fully saturated rings. The summed E-state index contributed by atoms with van der Waals surface area (Å²) in [6, 6.07) is 3.42. The average molecular weight is 369 g/mol. The first-order chi connectivity index (χ1) is 11.7. The lowest BCUT2D eigenvalue weighted by Gasteiger charge is -2.34. The minimum atomic E-state index is -3.66. The number of benzene rings is 1. The Kier molecular flexibility index (Phi) is 6.12. The van der Waals surface area contributed by atoms with Crippen molar-refractivity contribution in [2.45, 2.75) is 37.1 Å². The van der Waals surface area contributed by atoms with Crippen LogP contribution < -0.4 is 5.32 Å². The minimum Gasteiger partial charge on any atom is -0.336 e. The van der Waals surface area contributed by atoms with Gasteiger partial charge >= 0.3 is 0 Å². The van der Waals surface area contributed by atoms with E-state index in [2.05, 4.69) is 5.32 Å². The standard InChI is InChI=1S/C16H23N3O5S/c1-3-8-18(13-4-6-17-7-5-13)16(20)12-9-14(19(21)22)11-15(10-12)25(2,23)24/h9-11,13,17H,3-8H2,1-2H3. The van der Waals surface area contributed by atoms with Crippen LogP contribution in [0.4, 0.5) is 5.69 Å². The minimum absolute atomic E-state index is 0.0432. The zero-order valence-corrected chi connectivity index (χ0v) is 15.2. The van der Waals surface area contributed by atoms with E-state index in [9.17, 15) is 23.3 Å². The molecule has 1 heterocycles. The van der Waals surface area contributed by atoms with Crippen molar-refractivity contribution in [2.24, 2.45) is 0 Å². The highest BCUT2D eigenvalue weighted by Gasteiger charge is 2.27. The Morgan fingerprint density at radius 2 is 1.96 bits per heavy atom. The van der Waals surface area contributed by atoms with Crippen molar-refractivity contribution < 1.29 is 18.1 Å². The van der Waals surface area contributed by atoms with Crippen molar-refractivity contribution in [3.63, 3.8) is 0 Å². The van der Waals surface area contributed by atoms with E-state index in [0.717, 1.165) is 50.7 Å². The van der Waals surface area contributed by atoms with Crippen LogP contribution in [0.2, 0.25) is 0 Å². The highest BCUT2D eigenvalue weighted by Crippen LogP contribution is 2.24. The smallest absolute Gasteiger partial charge is 0.271 e. The Morgan fingerprint density at radius 3 is 2.48 bits per heavy atom. The van der Waals surface area contributed by atoms with Crippen LogP contribution in [0.25, 0.3) is 0 Å². The largest absolute Gasteiger partial charge is 0.336 e. The van der Waals surface area contributed by atoms with Crippen LogP contribution in [0.1, 0.15) is 36.5 Å². The van der Waals surface area contributed by atoms with Gasteiger partial charge in [-0.05, 0) is 38.4 Å². The van der Waals surface area contributed by atoms with E-state index in [0.29, 0.717) is 6.54 Å². The van der Waals surface area contributed by atoms with Crippen LogP contribution in [0, 0.1) is 10.1 Å². The molecule has 0 aliphatic carbocycles. The Balaban J connectivity index is 2.44. The Morgan fingerprint density at radius 1 is 1.32 bits per heavy atom.